The fourth-order valence-corrected chi connectivity index (χ4v) is 3.48. The SMILES string of the molecule is CCCCCCCCOc1ccc(-c2cc(C(=O)NN=Cc3ccccc3OCC)[nH]n2)cc1. The maximum atomic E-state index is 12.4. The number of H-pyrrole nitrogens is 1. The number of nitrogens with one attached hydrogen (secondary N) is 2. The number of carbonyl (C=O) groups excluding carboxylic acids is 1. The predicted octanol–water partition coefficient (Wildman–Crippen LogP) is 5.98. The lowest BCUT2D eigenvalue weighted by molar-refractivity contribution is 0.0950. The second-order valence-electron chi connectivity index (χ2n) is 7.98. The number of hydrogen-bond acceptors (Lipinski definition) is 5. The molecule has 2 N–H and O–H groups in total. The first-order valence-electron chi connectivity index (χ1n) is 12.0. The number of unbranched alkanes of at least 4 members (excludes halogenated alkanes) is 5. The van der Waals surface area contributed by atoms with Crippen LogP contribution in [0.3, 0.4) is 0 Å². The quantitative estimate of drug-likeness (QED) is 0.175. The van der Waals surface area contributed by atoms with Crippen LogP contribution in [0.15, 0.2) is 59.7 Å². The molecule has 34 heavy (non-hydrogen) atoms. The summed E-state index contributed by atoms with van der Waals surface area (Å²) in [5, 5.41) is 11.1. The van der Waals surface area contributed by atoms with E-state index in [1.165, 1.54) is 32.1 Å². The Balaban J connectivity index is 1.48. The van der Waals surface area contributed by atoms with Crippen LogP contribution in [-0.2, 0) is 0 Å². The predicted molar refractivity (Wildman–Crippen MR) is 136 cm³/mol. The highest BCUT2D eigenvalue weighted by Crippen LogP contribution is 2.22. The molecule has 0 saturated heterocycles. The first-order chi connectivity index (χ1) is 16.7. The van der Waals surface area contributed by atoms with E-state index in [-0.39, 0.29) is 5.91 Å². The molecule has 0 bridgehead atoms. The summed E-state index contributed by atoms with van der Waals surface area (Å²) in [7, 11) is 0. The van der Waals surface area contributed by atoms with Gasteiger partial charge in [0.1, 0.15) is 17.2 Å². The molecular formula is C27H34N4O3. The van der Waals surface area contributed by atoms with Crippen LogP contribution in [0, 0.1) is 0 Å². The highest BCUT2D eigenvalue weighted by atomic mass is 16.5. The molecule has 180 valence electrons. The largest absolute Gasteiger partial charge is 0.494 e. The number of rotatable bonds is 14. The number of para-hydroxylation sites is 1. The summed E-state index contributed by atoms with van der Waals surface area (Å²) in [6, 6.07) is 17.0. The number of aromatic amines is 1. The van der Waals surface area contributed by atoms with Crippen molar-refractivity contribution in [3.63, 3.8) is 0 Å². The van der Waals surface area contributed by atoms with Crippen molar-refractivity contribution in [1.29, 1.82) is 0 Å². The van der Waals surface area contributed by atoms with E-state index in [0.29, 0.717) is 23.7 Å². The van der Waals surface area contributed by atoms with Gasteiger partial charge in [-0.15, -0.1) is 0 Å². The number of hydrazone groups is 1. The number of benzene rings is 2. The monoisotopic (exact) mass is 462 g/mol. The van der Waals surface area contributed by atoms with E-state index in [1.54, 1.807) is 12.3 Å². The van der Waals surface area contributed by atoms with Gasteiger partial charge in [0.05, 0.1) is 25.1 Å². The van der Waals surface area contributed by atoms with Crippen LogP contribution in [0.1, 0.15) is 68.4 Å². The molecule has 0 unspecified atom stereocenters. The average Bonchev–Trinajstić information content (AvgIpc) is 3.36. The molecule has 0 aliphatic carbocycles. The van der Waals surface area contributed by atoms with Crippen molar-refractivity contribution in [3.05, 3.63) is 65.9 Å². The van der Waals surface area contributed by atoms with Gasteiger partial charge < -0.3 is 9.47 Å². The molecule has 0 fully saturated rings. The summed E-state index contributed by atoms with van der Waals surface area (Å²) >= 11 is 0. The number of nitrogens with zero attached hydrogens (tertiary/aromatic N) is 2. The van der Waals surface area contributed by atoms with Gasteiger partial charge in [0.15, 0.2) is 0 Å². The van der Waals surface area contributed by atoms with Crippen molar-refractivity contribution in [2.24, 2.45) is 5.10 Å². The highest BCUT2D eigenvalue weighted by Gasteiger charge is 2.11. The number of carbonyl (C=O) groups is 1. The van der Waals surface area contributed by atoms with E-state index in [2.05, 4.69) is 27.6 Å². The third-order valence-corrected chi connectivity index (χ3v) is 5.33. The Morgan fingerprint density at radius 3 is 2.56 bits per heavy atom. The zero-order valence-electron chi connectivity index (χ0n) is 20.0. The van der Waals surface area contributed by atoms with Crippen LogP contribution >= 0.6 is 0 Å². The maximum absolute atomic E-state index is 12.4. The molecule has 0 saturated carbocycles. The Kier molecular flexibility index (Phi) is 10.2. The topological polar surface area (TPSA) is 88.6 Å². The van der Waals surface area contributed by atoms with E-state index in [9.17, 15) is 4.79 Å². The lowest BCUT2D eigenvalue weighted by Crippen LogP contribution is -2.18. The van der Waals surface area contributed by atoms with Gasteiger partial charge in [-0.3, -0.25) is 9.89 Å². The minimum atomic E-state index is -0.372. The fourth-order valence-electron chi connectivity index (χ4n) is 3.48. The van der Waals surface area contributed by atoms with Gasteiger partial charge in [-0.05, 0) is 55.8 Å². The molecule has 7 heteroatoms. The summed E-state index contributed by atoms with van der Waals surface area (Å²) in [6.45, 7) is 5.43. The van der Waals surface area contributed by atoms with Crippen LogP contribution in [0.5, 0.6) is 11.5 Å². The lowest BCUT2D eigenvalue weighted by atomic mass is 10.1. The molecule has 0 spiro atoms. The summed E-state index contributed by atoms with van der Waals surface area (Å²) in [6.07, 6.45) is 9.00. The van der Waals surface area contributed by atoms with Crippen LogP contribution in [0.4, 0.5) is 0 Å². The first-order valence-corrected chi connectivity index (χ1v) is 12.0. The van der Waals surface area contributed by atoms with E-state index < -0.39 is 0 Å². The summed E-state index contributed by atoms with van der Waals surface area (Å²) in [4.78, 5) is 12.4. The third-order valence-electron chi connectivity index (χ3n) is 5.33. The van der Waals surface area contributed by atoms with Crippen LogP contribution in [-0.4, -0.2) is 35.5 Å². The van der Waals surface area contributed by atoms with Gasteiger partial charge in [0, 0.05) is 11.1 Å². The minimum Gasteiger partial charge on any atom is -0.494 e. The molecule has 1 aromatic heterocycles. The molecule has 0 radical (unpaired) electrons. The van der Waals surface area contributed by atoms with E-state index in [4.69, 9.17) is 9.47 Å². The number of hydrogen-bond donors (Lipinski definition) is 2. The van der Waals surface area contributed by atoms with Gasteiger partial charge in [0.2, 0.25) is 0 Å². The Morgan fingerprint density at radius 1 is 1.00 bits per heavy atom. The number of amides is 1. The molecule has 2 aromatic carbocycles. The average molecular weight is 463 g/mol. The maximum Gasteiger partial charge on any atom is 0.289 e. The van der Waals surface area contributed by atoms with Gasteiger partial charge >= 0.3 is 0 Å². The van der Waals surface area contributed by atoms with Crippen molar-refractivity contribution < 1.29 is 14.3 Å². The first kappa shape index (κ1) is 25.0. The van der Waals surface area contributed by atoms with Crippen LogP contribution in [0.2, 0.25) is 0 Å². The summed E-state index contributed by atoms with van der Waals surface area (Å²) in [5.74, 6) is 1.18. The second-order valence-corrected chi connectivity index (χ2v) is 7.98. The molecule has 0 atom stereocenters. The third kappa shape index (κ3) is 7.76. The lowest BCUT2D eigenvalue weighted by Gasteiger charge is -2.06. The van der Waals surface area contributed by atoms with Gasteiger partial charge in [-0.25, -0.2) is 5.43 Å². The van der Waals surface area contributed by atoms with Crippen molar-refractivity contribution in [3.8, 4) is 22.8 Å². The van der Waals surface area contributed by atoms with Crippen molar-refractivity contribution >= 4 is 12.1 Å². The fraction of sp³-hybridized carbons (Fsp3) is 0.370. The van der Waals surface area contributed by atoms with Crippen molar-refractivity contribution in [1.82, 2.24) is 15.6 Å². The van der Waals surface area contributed by atoms with Crippen LogP contribution < -0.4 is 14.9 Å². The Morgan fingerprint density at radius 2 is 1.76 bits per heavy atom. The van der Waals surface area contributed by atoms with Crippen LogP contribution in [0.25, 0.3) is 11.3 Å². The Hall–Kier alpha value is -3.61. The zero-order valence-corrected chi connectivity index (χ0v) is 20.0. The van der Waals surface area contributed by atoms with E-state index in [0.717, 1.165) is 29.9 Å². The molecule has 0 aliphatic heterocycles. The zero-order chi connectivity index (χ0) is 24.0. The molecule has 1 heterocycles. The van der Waals surface area contributed by atoms with Crippen molar-refractivity contribution in [2.75, 3.05) is 13.2 Å². The van der Waals surface area contributed by atoms with E-state index >= 15 is 0 Å². The number of aromatic nitrogens is 2. The molecular weight excluding hydrogens is 428 g/mol. The normalized spacial score (nSPS) is 11.0. The molecule has 0 aliphatic rings. The second kappa shape index (κ2) is 13.8. The molecule has 3 rings (SSSR count). The van der Waals surface area contributed by atoms with Gasteiger partial charge in [-0.1, -0.05) is 51.2 Å². The highest BCUT2D eigenvalue weighted by molar-refractivity contribution is 5.94. The van der Waals surface area contributed by atoms with Crippen molar-refractivity contribution in [2.45, 2.75) is 52.4 Å². The number of ether oxygens (including phenoxy) is 2. The molecule has 1 amide bonds. The van der Waals surface area contributed by atoms with E-state index in [1.807, 2.05) is 55.5 Å². The van der Waals surface area contributed by atoms with Gasteiger partial charge in [0.25, 0.3) is 5.91 Å². The molecule has 3 aromatic rings. The summed E-state index contributed by atoms with van der Waals surface area (Å²) < 4.78 is 11.4. The minimum absolute atomic E-state index is 0.327. The summed E-state index contributed by atoms with van der Waals surface area (Å²) in [5.41, 5.74) is 5.21. The molecule has 7 nitrogen and oxygen atoms in total. The Bertz CT molecular complexity index is 1040. The van der Waals surface area contributed by atoms with Gasteiger partial charge in [-0.2, -0.15) is 10.2 Å². The Labute approximate surface area is 201 Å². The standard InChI is InChI=1S/C27H34N4O3/c1-3-5-6-7-8-11-18-34-23-16-14-21(15-17-23)24-19-25(30-29-24)27(32)31-28-20-22-12-9-10-13-26(22)33-4-2/h9-10,12-17,19-20H,3-8,11,18H2,1-2H3,(H,29,30)(H,31,32). The smallest absolute Gasteiger partial charge is 0.289 e.